The summed E-state index contributed by atoms with van der Waals surface area (Å²) in [6.07, 6.45) is 1.67. The summed E-state index contributed by atoms with van der Waals surface area (Å²) in [6, 6.07) is 23.4. The third-order valence-electron chi connectivity index (χ3n) is 3.63. The van der Waals surface area contributed by atoms with Gasteiger partial charge in [0.05, 0.1) is 4.90 Å². The molecule has 0 aliphatic heterocycles. The lowest BCUT2D eigenvalue weighted by molar-refractivity contribution is 0.601. The van der Waals surface area contributed by atoms with Gasteiger partial charge < -0.3 is 5.32 Å². The van der Waals surface area contributed by atoms with Gasteiger partial charge in [0, 0.05) is 17.1 Å². The zero-order valence-corrected chi connectivity index (χ0v) is 14.3. The van der Waals surface area contributed by atoms with Crippen LogP contribution in [0.5, 0.6) is 0 Å². The van der Waals surface area contributed by atoms with E-state index < -0.39 is 10.0 Å². The first-order valence-corrected chi connectivity index (χ1v) is 9.23. The van der Waals surface area contributed by atoms with Crippen molar-refractivity contribution in [1.82, 2.24) is 0 Å². The van der Waals surface area contributed by atoms with Crippen molar-refractivity contribution in [3.8, 4) is 0 Å². The monoisotopic (exact) mass is 350 g/mol. The molecule has 0 heterocycles. The van der Waals surface area contributed by atoms with E-state index in [1.165, 1.54) is 0 Å². The number of nitrogens with one attached hydrogen (secondary N) is 2. The standard InChI is InChI=1S/C20H18N2O2S/c1-2-16-8-14-20(15-9-16)25(23,24)22-19-12-10-18(11-13-19)21-17-6-4-3-5-7-17/h2-15,21-22H,1H2. The largest absolute Gasteiger partial charge is 0.356 e. The summed E-state index contributed by atoms with van der Waals surface area (Å²) in [5.41, 5.74) is 3.23. The van der Waals surface area contributed by atoms with Gasteiger partial charge in [-0.05, 0) is 54.1 Å². The molecule has 3 rings (SSSR count). The maximum atomic E-state index is 12.4. The Bertz CT molecular complexity index is 949. The third kappa shape index (κ3) is 4.28. The van der Waals surface area contributed by atoms with Crippen LogP contribution in [-0.4, -0.2) is 8.42 Å². The Morgan fingerprint density at radius 3 is 1.88 bits per heavy atom. The number of rotatable bonds is 6. The molecule has 0 radical (unpaired) electrons. The van der Waals surface area contributed by atoms with Gasteiger partial charge in [-0.2, -0.15) is 0 Å². The summed E-state index contributed by atoms with van der Waals surface area (Å²) in [6.45, 7) is 3.66. The van der Waals surface area contributed by atoms with Crippen LogP contribution in [-0.2, 0) is 10.0 Å². The van der Waals surface area contributed by atoms with E-state index in [9.17, 15) is 8.42 Å². The fraction of sp³-hybridized carbons (Fsp3) is 0. The molecule has 0 amide bonds. The molecule has 0 saturated heterocycles. The van der Waals surface area contributed by atoms with E-state index in [4.69, 9.17) is 0 Å². The van der Waals surface area contributed by atoms with E-state index in [0.717, 1.165) is 16.9 Å². The fourth-order valence-corrected chi connectivity index (χ4v) is 3.37. The van der Waals surface area contributed by atoms with Gasteiger partial charge >= 0.3 is 0 Å². The number of benzene rings is 3. The van der Waals surface area contributed by atoms with Crippen molar-refractivity contribution in [2.24, 2.45) is 0 Å². The first-order chi connectivity index (χ1) is 12.1. The van der Waals surface area contributed by atoms with E-state index in [1.807, 2.05) is 42.5 Å². The van der Waals surface area contributed by atoms with Gasteiger partial charge in [-0.15, -0.1) is 0 Å². The van der Waals surface area contributed by atoms with Crippen molar-refractivity contribution >= 4 is 33.2 Å². The number of hydrogen-bond donors (Lipinski definition) is 2. The molecule has 0 saturated carbocycles. The molecular weight excluding hydrogens is 332 g/mol. The SMILES string of the molecule is C=Cc1ccc(S(=O)(=O)Nc2ccc(Nc3ccccc3)cc2)cc1. The molecule has 0 aliphatic carbocycles. The molecule has 0 fully saturated rings. The molecule has 0 atom stereocenters. The molecule has 25 heavy (non-hydrogen) atoms. The minimum absolute atomic E-state index is 0.213. The van der Waals surface area contributed by atoms with Gasteiger partial charge in [-0.1, -0.05) is 43.0 Å². The highest BCUT2D eigenvalue weighted by atomic mass is 32.2. The summed E-state index contributed by atoms with van der Waals surface area (Å²) >= 11 is 0. The number of anilines is 3. The average molecular weight is 350 g/mol. The lowest BCUT2D eigenvalue weighted by atomic mass is 10.2. The van der Waals surface area contributed by atoms with Gasteiger partial charge in [0.25, 0.3) is 10.0 Å². The van der Waals surface area contributed by atoms with Gasteiger partial charge in [-0.3, -0.25) is 4.72 Å². The third-order valence-corrected chi connectivity index (χ3v) is 5.02. The maximum absolute atomic E-state index is 12.4. The summed E-state index contributed by atoms with van der Waals surface area (Å²) in [5, 5.41) is 3.25. The van der Waals surface area contributed by atoms with Crippen molar-refractivity contribution < 1.29 is 8.42 Å². The normalized spacial score (nSPS) is 10.9. The molecule has 0 spiro atoms. The number of sulfonamides is 1. The second-order valence-corrected chi connectivity index (χ2v) is 7.13. The Morgan fingerprint density at radius 2 is 1.28 bits per heavy atom. The van der Waals surface area contributed by atoms with E-state index in [-0.39, 0.29) is 4.90 Å². The van der Waals surface area contributed by atoms with Gasteiger partial charge in [0.1, 0.15) is 0 Å². The summed E-state index contributed by atoms with van der Waals surface area (Å²) in [5.74, 6) is 0. The molecule has 3 aromatic carbocycles. The molecule has 0 aliphatic rings. The number of hydrogen-bond acceptors (Lipinski definition) is 3. The first-order valence-electron chi connectivity index (χ1n) is 7.74. The summed E-state index contributed by atoms with van der Waals surface area (Å²) in [7, 11) is -3.61. The minimum atomic E-state index is -3.61. The highest BCUT2D eigenvalue weighted by Gasteiger charge is 2.13. The molecule has 5 heteroatoms. The molecule has 2 N–H and O–H groups in total. The summed E-state index contributed by atoms with van der Waals surface area (Å²) in [4.78, 5) is 0.213. The van der Waals surface area contributed by atoms with Crippen LogP contribution in [0, 0.1) is 0 Å². The van der Waals surface area contributed by atoms with Crippen molar-refractivity contribution in [3.05, 3.63) is 91.0 Å². The first kappa shape index (κ1) is 16.8. The summed E-state index contributed by atoms with van der Waals surface area (Å²) < 4.78 is 27.4. The Kier molecular flexibility index (Phi) is 4.86. The Hall–Kier alpha value is -3.05. The topological polar surface area (TPSA) is 58.2 Å². The molecule has 0 bridgehead atoms. The second kappa shape index (κ2) is 7.23. The van der Waals surface area contributed by atoms with Gasteiger partial charge in [-0.25, -0.2) is 8.42 Å². The Labute approximate surface area is 147 Å². The van der Waals surface area contributed by atoms with E-state index in [2.05, 4.69) is 16.6 Å². The lowest BCUT2D eigenvalue weighted by Gasteiger charge is -2.10. The van der Waals surface area contributed by atoms with Gasteiger partial charge in [0.2, 0.25) is 0 Å². The highest BCUT2D eigenvalue weighted by Crippen LogP contribution is 2.21. The van der Waals surface area contributed by atoms with Crippen molar-refractivity contribution in [3.63, 3.8) is 0 Å². The van der Waals surface area contributed by atoms with Crippen molar-refractivity contribution in [2.75, 3.05) is 10.0 Å². The zero-order valence-electron chi connectivity index (χ0n) is 13.5. The van der Waals surface area contributed by atoms with Crippen LogP contribution < -0.4 is 10.0 Å². The van der Waals surface area contributed by atoms with Crippen LogP contribution in [0.15, 0.2) is 90.3 Å². The molecule has 3 aromatic rings. The van der Waals surface area contributed by atoms with E-state index in [0.29, 0.717) is 5.69 Å². The van der Waals surface area contributed by atoms with Crippen LogP contribution in [0.1, 0.15) is 5.56 Å². The predicted molar refractivity (Wildman–Crippen MR) is 104 cm³/mol. The lowest BCUT2D eigenvalue weighted by Crippen LogP contribution is -2.12. The molecule has 0 aromatic heterocycles. The minimum Gasteiger partial charge on any atom is -0.356 e. The number of para-hydroxylation sites is 1. The molecule has 4 nitrogen and oxygen atoms in total. The molecule has 126 valence electrons. The second-order valence-electron chi connectivity index (χ2n) is 5.45. The molecular formula is C20H18N2O2S. The van der Waals surface area contributed by atoms with Gasteiger partial charge in [0.15, 0.2) is 0 Å². The van der Waals surface area contributed by atoms with Crippen molar-refractivity contribution in [1.29, 1.82) is 0 Å². The van der Waals surface area contributed by atoms with E-state index >= 15 is 0 Å². The van der Waals surface area contributed by atoms with Crippen LogP contribution in [0.25, 0.3) is 6.08 Å². The van der Waals surface area contributed by atoms with E-state index in [1.54, 1.807) is 42.5 Å². The van der Waals surface area contributed by atoms with Crippen LogP contribution >= 0.6 is 0 Å². The molecule has 0 unspecified atom stereocenters. The van der Waals surface area contributed by atoms with Crippen LogP contribution in [0.2, 0.25) is 0 Å². The average Bonchev–Trinajstić information content (AvgIpc) is 2.64. The van der Waals surface area contributed by atoms with Crippen LogP contribution in [0.3, 0.4) is 0 Å². The predicted octanol–water partition coefficient (Wildman–Crippen LogP) is 4.87. The highest BCUT2D eigenvalue weighted by molar-refractivity contribution is 7.92. The quantitative estimate of drug-likeness (QED) is 0.666. The van der Waals surface area contributed by atoms with Crippen LogP contribution in [0.4, 0.5) is 17.1 Å². The fourth-order valence-electron chi connectivity index (χ4n) is 2.31. The Morgan fingerprint density at radius 1 is 0.720 bits per heavy atom. The van der Waals surface area contributed by atoms with Crippen molar-refractivity contribution in [2.45, 2.75) is 4.90 Å². The Balaban J connectivity index is 1.72. The smallest absolute Gasteiger partial charge is 0.261 e. The maximum Gasteiger partial charge on any atom is 0.261 e. The zero-order chi connectivity index (χ0) is 17.7.